The van der Waals surface area contributed by atoms with Gasteiger partial charge < -0.3 is 0 Å². The molecule has 0 aromatic heterocycles. The topological polar surface area (TPSA) is 0 Å². The summed E-state index contributed by atoms with van der Waals surface area (Å²) in [6.45, 7) is 0. The molecule has 25 valence electrons. The molecule has 1 radical (unpaired) electrons. The van der Waals surface area contributed by atoms with Crippen molar-refractivity contribution in [3.8, 4) is 5.92 Å². The Kier molecular flexibility index (Phi) is 0.420. The fraction of sp³-hybridized carbons (Fsp3) is 0.600. The van der Waals surface area contributed by atoms with Gasteiger partial charge in [0, 0.05) is 5.92 Å². The van der Waals surface area contributed by atoms with Gasteiger partial charge in [0.2, 0.25) is 0 Å². The van der Waals surface area contributed by atoms with Gasteiger partial charge in [-0.15, -0.1) is 0 Å². The van der Waals surface area contributed by atoms with E-state index in [2.05, 4.69) is 5.92 Å². The van der Waals surface area contributed by atoms with Crippen LogP contribution in [0.25, 0.3) is 0 Å². The molecule has 0 saturated heterocycles. The second-order valence-corrected chi connectivity index (χ2v) is 1.42. The first-order valence-electron chi connectivity index (χ1n) is 1.86. The highest BCUT2D eigenvalue weighted by Crippen LogP contribution is 2.26. The van der Waals surface area contributed by atoms with E-state index in [-0.39, 0.29) is 0 Å². The van der Waals surface area contributed by atoms with Gasteiger partial charge in [-0.05, 0) is 19.3 Å². The Morgan fingerprint density at radius 1 is 1.60 bits per heavy atom. The molecule has 0 aromatic carbocycles. The van der Waals surface area contributed by atoms with E-state index in [1.165, 1.54) is 12.8 Å². The van der Waals surface area contributed by atoms with Gasteiger partial charge in [-0.25, -0.2) is 0 Å². The smallest absolute Gasteiger partial charge is 0.0214 e. The molecular weight excluding hydrogens is 60.1 g/mol. The van der Waals surface area contributed by atoms with Crippen molar-refractivity contribution >= 4 is 0 Å². The van der Waals surface area contributed by atoms with Gasteiger partial charge >= 0.3 is 0 Å². The molecule has 0 bridgehead atoms. The third kappa shape index (κ3) is 0.417. The summed E-state index contributed by atoms with van der Waals surface area (Å²) in [5.74, 6) is 2.94. The van der Waals surface area contributed by atoms with Crippen LogP contribution in [0.1, 0.15) is 12.8 Å². The third-order valence-corrected chi connectivity index (χ3v) is 0.781. The van der Waals surface area contributed by atoms with Gasteiger partial charge in [-0.3, -0.25) is 0 Å². The molecule has 0 nitrogen and oxygen atoms in total. The lowest BCUT2D eigenvalue weighted by atomic mass is 10.5. The predicted molar refractivity (Wildman–Crippen MR) is 19.9 cm³/mol. The van der Waals surface area contributed by atoms with Crippen LogP contribution in [0.5, 0.6) is 0 Å². The van der Waals surface area contributed by atoms with E-state index in [9.17, 15) is 0 Å². The Morgan fingerprint density at radius 2 is 2.20 bits per heavy atom. The second kappa shape index (κ2) is 0.755. The Morgan fingerprint density at radius 3 is 2.20 bits per heavy atom. The molecule has 1 saturated carbocycles. The largest absolute Gasteiger partial charge is 0.0857 e. The summed E-state index contributed by atoms with van der Waals surface area (Å²) in [6, 6.07) is 0. The summed E-state index contributed by atoms with van der Waals surface area (Å²) in [7, 11) is 0. The molecular formula is C5H5. The zero-order valence-corrected chi connectivity index (χ0v) is 2.99. The molecule has 0 unspecified atom stereocenters. The van der Waals surface area contributed by atoms with Gasteiger partial charge in [0.05, 0.1) is 0 Å². The molecule has 1 aliphatic carbocycles. The van der Waals surface area contributed by atoms with Crippen molar-refractivity contribution in [2.24, 2.45) is 5.92 Å². The maximum Gasteiger partial charge on any atom is 0.0214 e. The fourth-order valence-corrected chi connectivity index (χ4v) is 0.228. The normalized spacial score (nSPS) is 21.4. The lowest BCUT2D eigenvalue weighted by Gasteiger charge is -1.56. The Hall–Kier alpha value is -0.440. The van der Waals surface area contributed by atoms with Crippen molar-refractivity contribution in [2.75, 3.05) is 0 Å². The molecule has 0 aliphatic heterocycles. The molecule has 1 aliphatic rings. The lowest BCUT2D eigenvalue weighted by Crippen LogP contribution is -1.52. The van der Waals surface area contributed by atoms with Crippen molar-refractivity contribution < 1.29 is 0 Å². The van der Waals surface area contributed by atoms with Crippen molar-refractivity contribution in [3.63, 3.8) is 0 Å². The van der Waals surface area contributed by atoms with Gasteiger partial charge in [-0.2, -0.15) is 0 Å². The minimum absolute atomic E-state index is 0.551. The maximum atomic E-state index is 6.47. The zero-order chi connectivity index (χ0) is 3.70. The van der Waals surface area contributed by atoms with Gasteiger partial charge in [-0.1, -0.05) is 5.92 Å². The first kappa shape index (κ1) is 2.78. The average molecular weight is 65.1 g/mol. The van der Waals surface area contributed by atoms with Crippen molar-refractivity contribution in [1.29, 1.82) is 0 Å². The quantitative estimate of drug-likeness (QED) is 0.369. The minimum Gasteiger partial charge on any atom is -0.0857 e. The summed E-state index contributed by atoms with van der Waals surface area (Å²) in [6.07, 6.45) is 8.89. The van der Waals surface area contributed by atoms with Crippen LogP contribution in [0, 0.1) is 18.3 Å². The Bertz CT molecular complexity index is 62.6. The molecule has 0 heteroatoms. The van der Waals surface area contributed by atoms with E-state index >= 15 is 0 Å². The molecule has 5 heavy (non-hydrogen) atoms. The highest BCUT2D eigenvalue weighted by Gasteiger charge is 2.16. The van der Waals surface area contributed by atoms with Crippen molar-refractivity contribution in [3.05, 3.63) is 6.42 Å². The summed E-state index contributed by atoms with van der Waals surface area (Å²) in [5.41, 5.74) is 0. The SMILES string of the molecule is [C]#CC1CC1. The molecule has 0 heterocycles. The summed E-state index contributed by atoms with van der Waals surface area (Å²) >= 11 is 0. The van der Waals surface area contributed by atoms with Gasteiger partial charge in [0.25, 0.3) is 0 Å². The molecule has 1 rings (SSSR count). The highest BCUT2D eigenvalue weighted by molar-refractivity contribution is 4.96. The van der Waals surface area contributed by atoms with Crippen molar-refractivity contribution in [2.45, 2.75) is 12.8 Å². The standard InChI is InChI=1S/C5H5/c1-2-5-3-4-5/h5H,3-4H2. The Labute approximate surface area is 32.2 Å². The van der Waals surface area contributed by atoms with Crippen LogP contribution >= 0.6 is 0 Å². The predicted octanol–water partition coefficient (Wildman–Crippen LogP) is 0.986. The van der Waals surface area contributed by atoms with Crippen LogP contribution in [0.15, 0.2) is 0 Å². The van der Waals surface area contributed by atoms with Gasteiger partial charge in [0.1, 0.15) is 0 Å². The van der Waals surface area contributed by atoms with E-state index < -0.39 is 0 Å². The summed E-state index contributed by atoms with van der Waals surface area (Å²) < 4.78 is 0. The minimum atomic E-state index is 0.551. The molecule has 0 amide bonds. The molecule has 1 fully saturated rings. The van der Waals surface area contributed by atoms with Crippen LogP contribution < -0.4 is 0 Å². The zero-order valence-electron chi connectivity index (χ0n) is 2.99. The van der Waals surface area contributed by atoms with E-state index in [4.69, 9.17) is 6.42 Å². The highest BCUT2D eigenvalue weighted by atomic mass is 14.2. The van der Waals surface area contributed by atoms with Crippen molar-refractivity contribution in [1.82, 2.24) is 0 Å². The van der Waals surface area contributed by atoms with Crippen LogP contribution in [0.4, 0.5) is 0 Å². The first-order chi connectivity index (χ1) is 2.43. The number of rotatable bonds is 0. The summed E-state index contributed by atoms with van der Waals surface area (Å²) in [5, 5.41) is 0. The average Bonchev–Trinajstić information content (AvgIpc) is 2.12. The van der Waals surface area contributed by atoms with Crippen LogP contribution in [-0.2, 0) is 0 Å². The van der Waals surface area contributed by atoms with E-state index in [0.29, 0.717) is 5.92 Å². The van der Waals surface area contributed by atoms with E-state index in [1.54, 1.807) is 0 Å². The monoisotopic (exact) mass is 65.0 g/mol. The maximum absolute atomic E-state index is 6.47. The first-order valence-corrected chi connectivity index (χ1v) is 1.86. The van der Waals surface area contributed by atoms with E-state index in [1.807, 2.05) is 0 Å². The Balaban J connectivity index is 2.30. The van der Waals surface area contributed by atoms with Crippen LogP contribution in [0.2, 0.25) is 0 Å². The van der Waals surface area contributed by atoms with E-state index in [0.717, 1.165) is 0 Å². The third-order valence-electron chi connectivity index (χ3n) is 0.781. The van der Waals surface area contributed by atoms with Crippen LogP contribution in [0.3, 0.4) is 0 Å². The molecule has 0 spiro atoms. The molecule has 0 aromatic rings. The lowest BCUT2D eigenvalue weighted by molar-refractivity contribution is 1.18. The molecule has 0 atom stereocenters. The molecule has 0 N–H and O–H groups in total. The number of hydrogen-bond donors (Lipinski definition) is 0. The van der Waals surface area contributed by atoms with Crippen LogP contribution in [-0.4, -0.2) is 0 Å². The second-order valence-electron chi connectivity index (χ2n) is 1.42. The fourth-order valence-electron chi connectivity index (χ4n) is 0.228. The number of hydrogen-bond acceptors (Lipinski definition) is 0. The van der Waals surface area contributed by atoms with Gasteiger partial charge in [0.15, 0.2) is 0 Å². The summed E-state index contributed by atoms with van der Waals surface area (Å²) in [4.78, 5) is 0.